The first kappa shape index (κ1) is 23.6. The van der Waals surface area contributed by atoms with Gasteiger partial charge in [-0.15, -0.1) is 0 Å². The summed E-state index contributed by atoms with van der Waals surface area (Å²) in [6, 6.07) is 9.94. The molecule has 2 heterocycles. The Labute approximate surface area is 213 Å². The van der Waals surface area contributed by atoms with Gasteiger partial charge in [0.2, 0.25) is 5.91 Å². The number of carbonyl (C=O) groups is 2. The minimum atomic E-state index is -0.307. The molecule has 1 aromatic carbocycles. The Hall–Kier alpha value is -2.79. The van der Waals surface area contributed by atoms with Crippen LogP contribution in [0.1, 0.15) is 50.5 Å². The summed E-state index contributed by atoms with van der Waals surface area (Å²) >= 11 is 0. The number of para-hydroxylation sites is 1. The molecule has 0 aromatic heterocycles. The number of rotatable bonds is 3. The van der Waals surface area contributed by atoms with Crippen LogP contribution in [0.25, 0.3) is 0 Å². The molecule has 6 aliphatic rings. The molecule has 2 saturated heterocycles. The monoisotopic (exact) mass is 491 g/mol. The number of piperidine rings is 1. The lowest BCUT2D eigenvalue weighted by Crippen LogP contribution is -2.61. The van der Waals surface area contributed by atoms with Gasteiger partial charge in [-0.25, -0.2) is 4.79 Å². The Balaban J connectivity index is 1.04. The number of nitriles is 1. The van der Waals surface area contributed by atoms with Gasteiger partial charge in [-0.2, -0.15) is 5.26 Å². The molecule has 3 unspecified atom stereocenters. The Morgan fingerprint density at radius 2 is 1.72 bits per heavy atom. The molecular weight excluding hydrogens is 454 g/mol. The summed E-state index contributed by atoms with van der Waals surface area (Å²) in [4.78, 5) is 32.9. The van der Waals surface area contributed by atoms with Gasteiger partial charge in [0.1, 0.15) is 6.07 Å². The molecule has 6 atom stereocenters. The molecule has 4 aliphatic carbocycles. The fraction of sp³-hybridized carbons (Fsp3) is 0.679. The average molecular weight is 492 g/mol. The maximum absolute atomic E-state index is 13.5. The van der Waals surface area contributed by atoms with Gasteiger partial charge in [0.05, 0.1) is 22.8 Å². The smallest absolute Gasteiger partial charge is 0.320 e. The number of urea groups is 1. The molecule has 8 nitrogen and oxygen atoms in total. The predicted octanol–water partition coefficient (Wildman–Crippen LogP) is 2.57. The number of nitrogens with one attached hydrogen (secondary N) is 1. The quantitative estimate of drug-likeness (QED) is 0.677. The van der Waals surface area contributed by atoms with Crippen LogP contribution in [0.15, 0.2) is 24.3 Å². The highest BCUT2D eigenvalue weighted by atomic mass is 16.3. The number of benzene rings is 1. The van der Waals surface area contributed by atoms with Crippen LogP contribution >= 0.6 is 0 Å². The molecule has 192 valence electrons. The van der Waals surface area contributed by atoms with Gasteiger partial charge in [0, 0.05) is 45.3 Å². The second kappa shape index (κ2) is 9.26. The van der Waals surface area contributed by atoms with E-state index in [0.717, 1.165) is 57.2 Å². The summed E-state index contributed by atoms with van der Waals surface area (Å²) in [5, 5.41) is 23.3. The SMILES string of the molecule is N#Cc1ccccc1N1CCN(C(=O)N2CCC[C@H](NC(=O)[C@]34CC5CC(C3)C(O)[C@H](C5)C4)C2)CC1. The molecule has 0 radical (unpaired) electrons. The molecule has 6 fully saturated rings. The van der Waals surface area contributed by atoms with Crippen LogP contribution in [0, 0.1) is 34.5 Å². The predicted molar refractivity (Wildman–Crippen MR) is 135 cm³/mol. The number of amides is 3. The van der Waals surface area contributed by atoms with Crippen LogP contribution in [-0.2, 0) is 4.79 Å². The van der Waals surface area contributed by atoms with Crippen LogP contribution in [-0.4, -0.2) is 78.3 Å². The van der Waals surface area contributed by atoms with Crippen LogP contribution in [0.5, 0.6) is 0 Å². The molecule has 7 rings (SSSR count). The van der Waals surface area contributed by atoms with Crippen molar-refractivity contribution < 1.29 is 14.7 Å². The molecule has 3 amide bonds. The van der Waals surface area contributed by atoms with Crippen LogP contribution < -0.4 is 10.2 Å². The lowest BCUT2D eigenvalue weighted by molar-refractivity contribution is -0.163. The largest absolute Gasteiger partial charge is 0.393 e. The van der Waals surface area contributed by atoms with E-state index in [-0.39, 0.29) is 41.3 Å². The molecule has 36 heavy (non-hydrogen) atoms. The minimum absolute atomic E-state index is 0.00285. The van der Waals surface area contributed by atoms with Crippen LogP contribution in [0.3, 0.4) is 0 Å². The molecule has 4 saturated carbocycles. The standard InChI is InChI=1S/C28H37N5O3/c29-17-20-4-1-2-6-24(20)31-8-10-32(11-9-31)27(36)33-7-3-5-23(18-33)30-26(35)28-14-19-12-21(15-28)25(34)22(13-19)16-28/h1-2,4,6,19,21-23,25,34H,3,5,7-16,18H2,(H,30,35)/t19?,21-,22?,23+,25?,28+/m1/s1. The van der Waals surface area contributed by atoms with Gasteiger partial charge < -0.3 is 25.1 Å². The van der Waals surface area contributed by atoms with Crippen molar-refractivity contribution in [1.82, 2.24) is 15.1 Å². The van der Waals surface area contributed by atoms with Crippen molar-refractivity contribution in [3.63, 3.8) is 0 Å². The highest BCUT2D eigenvalue weighted by molar-refractivity contribution is 5.83. The zero-order valence-electron chi connectivity index (χ0n) is 20.9. The number of hydrogen-bond donors (Lipinski definition) is 2. The normalized spacial score (nSPS) is 35.4. The first-order valence-corrected chi connectivity index (χ1v) is 13.7. The van der Waals surface area contributed by atoms with E-state index in [1.807, 2.05) is 34.1 Å². The fourth-order valence-corrected chi connectivity index (χ4v) is 8.07. The van der Waals surface area contributed by atoms with E-state index in [1.54, 1.807) is 0 Å². The van der Waals surface area contributed by atoms with Crippen molar-refractivity contribution in [2.45, 2.75) is 57.1 Å². The maximum Gasteiger partial charge on any atom is 0.320 e. The second-order valence-corrected chi connectivity index (χ2v) is 11.9. The van der Waals surface area contributed by atoms with Gasteiger partial charge in [-0.3, -0.25) is 4.79 Å². The van der Waals surface area contributed by atoms with Crippen molar-refractivity contribution in [3.8, 4) is 6.07 Å². The number of aliphatic hydroxyl groups excluding tert-OH is 1. The van der Waals surface area contributed by atoms with Crippen molar-refractivity contribution in [3.05, 3.63) is 29.8 Å². The summed E-state index contributed by atoms with van der Waals surface area (Å²) in [5.74, 6) is 1.31. The summed E-state index contributed by atoms with van der Waals surface area (Å²) in [7, 11) is 0. The van der Waals surface area contributed by atoms with Crippen LogP contribution in [0.2, 0.25) is 0 Å². The number of anilines is 1. The van der Waals surface area contributed by atoms with E-state index >= 15 is 0 Å². The van der Waals surface area contributed by atoms with E-state index in [2.05, 4.69) is 16.3 Å². The Morgan fingerprint density at radius 1 is 1.00 bits per heavy atom. The maximum atomic E-state index is 13.5. The molecule has 4 bridgehead atoms. The molecule has 8 heteroatoms. The van der Waals surface area contributed by atoms with E-state index in [9.17, 15) is 20.0 Å². The van der Waals surface area contributed by atoms with Crippen molar-refractivity contribution in [2.75, 3.05) is 44.2 Å². The molecule has 0 spiro atoms. The number of nitrogens with zero attached hydrogens (tertiary/aromatic N) is 4. The molecule has 2 aliphatic heterocycles. The summed E-state index contributed by atoms with van der Waals surface area (Å²) < 4.78 is 0. The van der Waals surface area contributed by atoms with Gasteiger partial charge >= 0.3 is 6.03 Å². The Bertz CT molecular complexity index is 1050. The van der Waals surface area contributed by atoms with Crippen molar-refractivity contribution >= 4 is 17.6 Å². The van der Waals surface area contributed by atoms with E-state index in [0.29, 0.717) is 44.2 Å². The highest BCUT2D eigenvalue weighted by Crippen LogP contribution is 2.60. The zero-order valence-corrected chi connectivity index (χ0v) is 20.9. The number of hydrogen-bond acceptors (Lipinski definition) is 5. The minimum Gasteiger partial charge on any atom is -0.393 e. The molecular formula is C28H37N5O3. The van der Waals surface area contributed by atoms with Gasteiger partial charge in [0.25, 0.3) is 0 Å². The second-order valence-electron chi connectivity index (χ2n) is 11.9. The number of aliphatic hydroxyl groups is 1. The van der Waals surface area contributed by atoms with Crippen molar-refractivity contribution in [1.29, 1.82) is 5.26 Å². The Kier molecular flexibility index (Phi) is 6.07. The lowest BCUT2D eigenvalue weighted by atomic mass is 9.48. The third-order valence-electron chi connectivity index (χ3n) is 9.65. The average Bonchev–Trinajstić information content (AvgIpc) is 2.91. The summed E-state index contributed by atoms with van der Waals surface area (Å²) in [6.45, 7) is 3.96. The van der Waals surface area contributed by atoms with Gasteiger partial charge in [-0.1, -0.05) is 12.1 Å². The van der Waals surface area contributed by atoms with Gasteiger partial charge in [0.15, 0.2) is 0 Å². The number of carbonyl (C=O) groups excluding carboxylic acids is 2. The molecule has 2 N–H and O–H groups in total. The number of likely N-dealkylation sites (tertiary alicyclic amines) is 1. The van der Waals surface area contributed by atoms with E-state index < -0.39 is 0 Å². The lowest BCUT2D eigenvalue weighted by Gasteiger charge is -2.58. The first-order valence-electron chi connectivity index (χ1n) is 13.7. The summed E-state index contributed by atoms with van der Waals surface area (Å²) in [5.41, 5.74) is 1.29. The van der Waals surface area contributed by atoms with Crippen molar-refractivity contribution in [2.24, 2.45) is 23.2 Å². The Morgan fingerprint density at radius 3 is 2.44 bits per heavy atom. The number of piperazine rings is 1. The third kappa shape index (κ3) is 4.11. The topological polar surface area (TPSA) is 99.9 Å². The van der Waals surface area contributed by atoms with Crippen LogP contribution in [0.4, 0.5) is 10.5 Å². The van der Waals surface area contributed by atoms with E-state index in [1.165, 1.54) is 0 Å². The third-order valence-corrected chi connectivity index (χ3v) is 9.65. The zero-order chi connectivity index (χ0) is 24.9. The first-order chi connectivity index (χ1) is 17.5. The van der Waals surface area contributed by atoms with Gasteiger partial charge in [-0.05, 0) is 74.8 Å². The fourth-order valence-electron chi connectivity index (χ4n) is 8.07. The van der Waals surface area contributed by atoms with E-state index in [4.69, 9.17) is 0 Å². The summed E-state index contributed by atoms with van der Waals surface area (Å²) in [6.07, 6.45) is 6.34. The highest BCUT2D eigenvalue weighted by Gasteiger charge is 2.58. The molecule has 1 aromatic rings.